The van der Waals surface area contributed by atoms with Crippen LogP contribution in [0.25, 0.3) is 21.9 Å². The lowest BCUT2D eigenvalue weighted by Gasteiger charge is -2.23. The van der Waals surface area contributed by atoms with E-state index in [4.69, 9.17) is 0 Å². The minimum absolute atomic E-state index is 0.0738. The molecule has 3 aromatic rings. The standard InChI is InChI=1S/C28H33B5/c1-5-18(22-23(29)25(31)27(33)26(32)24(22)30)15(3)13-17-14-28(4,6-2)20-12-11-16-9-7-8-10-19(16)21(17)20/h5,7-14H,6,29-33H2,1-4H3/b15-13-,18-5+/t28-/m0/s1. The van der Waals surface area contributed by atoms with E-state index in [9.17, 15) is 0 Å². The van der Waals surface area contributed by atoms with Crippen LogP contribution in [-0.2, 0) is 5.41 Å². The molecule has 33 heavy (non-hydrogen) atoms. The third-order valence-corrected chi connectivity index (χ3v) is 8.40. The predicted octanol–water partition coefficient (Wildman–Crippen LogP) is -0.754. The van der Waals surface area contributed by atoms with Gasteiger partial charge in [0.25, 0.3) is 0 Å². The summed E-state index contributed by atoms with van der Waals surface area (Å²) in [4.78, 5) is 0. The van der Waals surface area contributed by atoms with Gasteiger partial charge in [-0.15, -0.1) is 16.4 Å². The molecule has 4 rings (SSSR count). The van der Waals surface area contributed by atoms with Crippen LogP contribution in [0, 0.1) is 0 Å². The van der Waals surface area contributed by atoms with Gasteiger partial charge in [-0.1, -0.05) is 79.4 Å². The molecule has 160 valence electrons. The van der Waals surface area contributed by atoms with Gasteiger partial charge in [0.1, 0.15) is 39.2 Å². The largest absolute Gasteiger partial charge is 0.139 e. The Bertz CT molecular complexity index is 1350. The summed E-state index contributed by atoms with van der Waals surface area (Å²) in [7, 11) is 11.4. The fraction of sp³-hybridized carbons (Fsp3) is 0.214. The van der Waals surface area contributed by atoms with Crippen molar-refractivity contribution < 1.29 is 0 Å². The van der Waals surface area contributed by atoms with E-state index >= 15 is 0 Å². The van der Waals surface area contributed by atoms with Crippen LogP contribution in [0.3, 0.4) is 0 Å². The molecule has 1 atom stereocenters. The fourth-order valence-corrected chi connectivity index (χ4v) is 5.74. The van der Waals surface area contributed by atoms with Gasteiger partial charge in [0.15, 0.2) is 0 Å². The van der Waals surface area contributed by atoms with Crippen molar-refractivity contribution in [2.45, 2.75) is 39.5 Å². The normalized spacial score (nSPS) is 18.5. The molecular formula is C28H33B5. The van der Waals surface area contributed by atoms with Crippen LogP contribution >= 0.6 is 0 Å². The van der Waals surface area contributed by atoms with Crippen molar-refractivity contribution in [1.29, 1.82) is 0 Å². The Morgan fingerprint density at radius 3 is 2.09 bits per heavy atom. The Hall–Kier alpha value is -2.54. The molecule has 0 amide bonds. The molecule has 1 aliphatic carbocycles. The predicted molar refractivity (Wildman–Crippen MR) is 164 cm³/mol. The lowest BCUT2D eigenvalue weighted by atomic mass is 9.59. The van der Waals surface area contributed by atoms with Crippen molar-refractivity contribution in [2.75, 3.05) is 0 Å². The van der Waals surface area contributed by atoms with Crippen LogP contribution in [0.2, 0.25) is 0 Å². The molecule has 0 heterocycles. The van der Waals surface area contributed by atoms with Gasteiger partial charge in [0.2, 0.25) is 0 Å². The maximum atomic E-state index is 2.51. The highest BCUT2D eigenvalue weighted by molar-refractivity contribution is 6.67. The maximum Gasteiger partial charge on any atom is 0.139 e. The SMILES string of the molecule is Bc1c(B)c(B)c(C(=C/C)/C(C)=C\C2=C[C@](C)(CC)c3ccc4ccccc4c32)c(B)c1B. The third kappa shape index (κ3) is 3.70. The summed E-state index contributed by atoms with van der Waals surface area (Å²) < 4.78 is 0. The summed E-state index contributed by atoms with van der Waals surface area (Å²) in [5, 5.41) is 2.68. The van der Waals surface area contributed by atoms with Gasteiger partial charge in [0.05, 0.1) is 0 Å². The summed E-state index contributed by atoms with van der Waals surface area (Å²) >= 11 is 0. The van der Waals surface area contributed by atoms with Crippen molar-refractivity contribution in [2.24, 2.45) is 0 Å². The Morgan fingerprint density at radius 1 is 0.879 bits per heavy atom. The summed E-state index contributed by atoms with van der Waals surface area (Å²) in [6, 6.07) is 13.5. The first-order valence-electron chi connectivity index (χ1n) is 12.3. The molecule has 0 unspecified atom stereocenters. The molecule has 0 aliphatic heterocycles. The third-order valence-electron chi connectivity index (χ3n) is 8.40. The number of fused-ring (bicyclic) bond motifs is 3. The van der Waals surface area contributed by atoms with Crippen LogP contribution in [-0.4, -0.2) is 39.2 Å². The molecule has 5 heteroatoms. The zero-order chi connectivity index (χ0) is 24.1. The van der Waals surface area contributed by atoms with Crippen molar-refractivity contribution in [3.05, 3.63) is 76.9 Å². The van der Waals surface area contributed by atoms with E-state index in [-0.39, 0.29) is 5.41 Å². The first-order chi connectivity index (χ1) is 15.6. The zero-order valence-corrected chi connectivity index (χ0v) is 21.9. The number of hydrogen-bond acceptors (Lipinski definition) is 0. The molecule has 0 aromatic heterocycles. The quantitative estimate of drug-likeness (QED) is 0.383. The van der Waals surface area contributed by atoms with Crippen LogP contribution in [0.15, 0.2) is 60.2 Å². The van der Waals surface area contributed by atoms with Crippen molar-refractivity contribution in [3.63, 3.8) is 0 Å². The minimum Gasteiger partial charge on any atom is -0.102 e. The molecular weight excluding hydrogens is 390 g/mol. The van der Waals surface area contributed by atoms with E-state index in [2.05, 4.69) is 122 Å². The van der Waals surface area contributed by atoms with Gasteiger partial charge >= 0.3 is 0 Å². The first-order valence-corrected chi connectivity index (χ1v) is 12.3. The lowest BCUT2D eigenvalue weighted by molar-refractivity contribution is 0.583. The van der Waals surface area contributed by atoms with Crippen LogP contribution in [0.4, 0.5) is 0 Å². The van der Waals surface area contributed by atoms with Crippen molar-refractivity contribution in [3.8, 4) is 0 Å². The maximum absolute atomic E-state index is 2.51. The average molecular weight is 424 g/mol. The van der Waals surface area contributed by atoms with Gasteiger partial charge in [-0.25, -0.2) is 0 Å². The Labute approximate surface area is 204 Å². The first kappa shape index (κ1) is 23.6. The van der Waals surface area contributed by atoms with Crippen molar-refractivity contribution in [1.82, 2.24) is 0 Å². The minimum atomic E-state index is 0.0738. The summed E-state index contributed by atoms with van der Waals surface area (Å²) in [6.45, 7) is 9.15. The van der Waals surface area contributed by atoms with Crippen LogP contribution in [0.5, 0.6) is 0 Å². The van der Waals surface area contributed by atoms with Gasteiger partial charge in [-0.2, -0.15) is 0 Å². The van der Waals surface area contributed by atoms with Gasteiger partial charge < -0.3 is 0 Å². The number of hydrogen-bond donors (Lipinski definition) is 0. The molecule has 3 aromatic carbocycles. The lowest BCUT2D eigenvalue weighted by Crippen LogP contribution is -2.56. The summed E-state index contributed by atoms with van der Waals surface area (Å²) in [6.07, 6.45) is 8.34. The highest BCUT2D eigenvalue weighted by Gasteiger charge is 2.33. The Morgan fingerprint density at radius 2 is 1.48 bits per heavy atom. The molecule has 0 fully saturated rings. The highest BCUT2D eigenvalue weighted by Crippen LogP contribution is 2.46. The van der Waals surface area contributed by atoms with Gasteiger partial charge in [-0.3, -0.25) is 0 Å². The second-order valence-electron chi connectivity index (χ2n) is 10.1. The average Bonchev–Trinajstić information content (AvgIpc) is 3.11. The van der Waals surface area contributed by atoms with Crippen molar-refractivity contribution >= 4 is 88.5 Å². The van der Waals surface area contributed by atoms with E-state index in [0.29, 0.717) is 0 Å². The highest BCUT2D eigenvalue weighted by atomic mass is 14.4. The van der Waals surface area contributed by atoms with E-state index in [1.54, 1.807) is 0 Å². The van der Waals surface area contributed by atoms with E-state index in [0.717, 1.165) is 6.42 Å². The summed E-state index contributed by atoms with van der Waals surface area (Å²) in [5.41, 5.74) is 15.4. The molecule has 0 saturated heterocycles. The van der Waals surface area contributed by atoms with Gasteiger partial charge in [0, 0.05) is 5.41 Å². The molecule has 0 spiro atoms. The van der Waals surface area contributed by atoms with E-state index in [1.807, 2.05) is 0 Å². The molecule has 0 nitrogen and oxygen atoms in total. The number of allylic oxidation sites excluding steroid dienone is 6. The Kier molecular flexibility index (Phi) is 6.21. The summed E-state index contributed by atoms with van der Waals surface area (Å²) in [5.74, 6) is 0. The van der Waals surface area contributed by atoms with E-state index < -0.39 is 0 Å². The second-order valence-corrected chi connectivity index (χ2v) is 10.1. The van der Waals surface area contributed by atoms with Crippen LogP contribution in [0.1, 0.15) is 50.8 Å². The number of rotatable bonds is 4. The van der Waals surface area contributed by atoms with E-state index in [1.165, 1.54) is 71.5 Å². The monoisotopic (exact) mass is 424 g/mol. The molecule has 1 aliphatic rings. The smallest absolute Gasteiger partial charge is 0.102 e. The molecule has 0 bridgehead atoms. The molecule has 0 N–H and O–H groups in total. The second kappa shape index (κ2) is 8.67. The topological polar surface area (TPSA) is 0 Å². The van der Waals surface area contributed by atoms with Gasteiger partial charge in [-0.05, 0) is 64.5 Å². The number of benzene rings is 3. The fourth-order valence-electron chi connectivity index (χ4n) is 5.74. The zero-order valence-electron chi connectivity index (χ0n) is 21.9. The Balaban J connectivity index is 1.93. The van der Waals surface area contributed by atoms with Crippen LogP contribution < -0.4 is 27.3 Å². The molecule has 0 radical (unpaired) electrons. The molecule has 0 saturated carbocycles.